The summed E-state index contributed by atoms with van der Waals surface area (Å²) < 4.78 is 5.26. The van der Waals surface area contributed by atoms with Crippen molar-refractivity contribution in [3.63, 3.8) is 0 Å². The lowest BCUT2D eigenvalue weighted by Gasteiger charge is -2.12. The van der Waals surface area contributed by atoms with Crippen molar-refractivity contribution >= 4 is 5.91 Å². The molecule has 0 radical (unpaired) electrons. The number of phenols is 2. The van der Waals surface area contributed by atoms with E-state index >= 15 is 0 Å². The van der Waals surface area contributed by atoms with Crippen molar-refractivity contribution in [1.29, 1.82) is 0 Å². The molecular formula is C12H17NO4. The zero-order valence-corrected chi connectivity index (χ0v) is 9.93. The van der Waals surface area contributed by atoms with E-state index in [0.29, 0.717) is 13.2 Å². The van der Waals surface area contributed by atoms with Crippen LogP contribution in [0.15, 0.2) is 18.2 Å². The summed E-state index contributed by atoms with van der Waals surface area (Å²) in [5, 5.41) is 21.1. The minimum absolute atomic E-state index is 0.0742. The molecule has 3 N–H and O–H groups in total. The summed E-state index contributed by atoms with van der Waals surface area (Å²) in [5.41, 5.74) is 0.214. The number of hydrogen-bond donors (Lipinski definition) is 3. The Hall–Kier alpha value is -1.75. The van der Waals surface area contributed by atoms with Crippen molar-refractivity contribution in [2.75, 3.05) is 13.2 Å². The van der Waals surface area contributed by atoms with Gasteiger partial charge in [0.2, 0.25) is 0 Å². The number of amides is 1. The molecule has 5 heteroatoms. The molecule has 0 fully saturated rings. The number of carbonyl (C=O) groups excluding carboxylic acids is 1. The second-order valence-corrected chi connectivity index (χ2v) is 3.71. The van der Waals surface area contributed by atoms with Gasteiger partial charge in [0, 0.05) is 24.8 Å². The quantitative estimate of drug-likeness (QED) is 0.722. The van der Waals surface area contributed by atoms with Crippen LogP contribution in [0.3, 0.4) is 0 Å². The van der Waals surface area contributed by atoms with Crippen LogP contribution in [-0.2, 0) is 4.74 Å². The second-order valence-electron chi connectivity index (χ2n) is 3.71. The number of carbonyl (C=O) groups is 1. The molecule has 0 aromatic heterocycles. The monoisotopic (exact) mass is 239 g/mol. The van der Waals surface area contributed by atoms with E-state index in [4.69, 9.17) is 4.74 Å². The lowest BCUT2D eigenvalue weighted by atomic mass is 10.2. The minimum Gasteiger partial charge on any atom is -0.508 e. The summed E-state index contributed by atoms with van der Waals surface area (Å²) >= 11 is 0. The number of aromatic hydroxyl groups is 2. The zero-order chi connectivity index (χ0) is 12.8. The Bertz CT molecular complexity index is 372. The molecule has 0 aliphatic rings. The standard InChI is InChI=1S/C12H17NO4/c1-3-17-8(2)7-13-12(16)9-4-10(14)6-11(15)5-9/h4-6,8,14-15H,3,7H2,1-2H3,(H,13,16). The normalized spacial score (nSPS) is 12.1. The molecule has 17 heavy (non-hydrogen) atoms. The fraction of sp³-hybridized carbons (Fsp3) is 0.417. The number of nitrogens with one attached hydrogen (secondary N) is 1. The van der Waals surface area contributed by atoms with Gasteiger partial charge >= 0.3 is 0 Å². The summed E-state index contributed by atoms with van der Waals surface area (Å²) in [6.07, 6.45) is -0.0742. The molecule has 1 unspecified atom stereocenters. The summed E-state index contributed by atoms with van der Waals surface area (Å²) in [7, 11) is 0. The van der Waals surface area contributed by atoms with Gasteiger partial charge < -0.3 is 20.3 Å². The summed E-state index contributed by atoms with van der Waals surface area (Å²) in [4.78, 5) is 11.7. The number of rotatable bonds is 5. The SMILES string of the molecule is CCOC(C)CNC(=O)c1cc(O)cc(O)c1. The van der Waals surface area contributed by atoms with Crippen LogP contribution in [0.4, 0.5) is 0 Å². The first-order valence-electron chi connectivity index (χ1n) is 5.45. The Morgan fingerprint density at radius 2 is 1.94 bits per heavy atom. The Morgan fingerprint density at radius 1 is 1.35 bits per heavy atom. The van der Waals surface area contributed by atoms with E-state index in [1.165, 1.54) is 18.2 Å². The average molecular weight is 239 g/mol. The van der Waals surface area contributed by atoms with Crippen molar-refractivity contribution < 1.29 is 19.7 Å². The topological polar surface area (TPSA) is 78.8 Å². The van der Waals surface area contributed by atoms with E-state index in [1.54, 1.807) is 0 Å². The fourth-order valence-corrected chi connectivity index (χ4v) is 1.41. The number of ether oxygens (including phenoxy) is 1. The van der Waals surface area contributed by atoms with E-state index in [1.807, 2.05) is 13.8 Å². The molecule has 1 amide bonds. The van der Waals surface area contributed by atoms with Gasteiger partial charge in [-0.15, -0.1) is 0 Å². The summed E-state index contributed by atoms with van der Waals surface area (Å²) in [6, 6.07) is 3.75. The van der Waals surface area contributed by atoms with Crippen molar-refractivity contribution in [2.24, 2.45) is 0 Å². The van der Waals surface area contributed by atoms with Crippen LogP contribution in [0.5, 0.6) is 11.5 Å². The Balaban J connectivity index is 2.58. The first-order valence-corrected chi connectivity index (χ1v) is 5.45. The predicted octanol–water partition coefficient (Wildman–Crippen LogP) is 1.25. The average Bonchev–Trinajstić information content (AvgIpc) is 2.25. The molecule has 0 aliphatic heterocycles. The molecule has 1 aromatic rings. The highest BCUT2D eigenvalue weighted by atomic mass is 16.5. The van der Waals surface area contributed by atoms with E-state index in [0.717, 1.165) is 0 Å². The summed E-state index contributed by atoms with van der Waals surface area (Å²) in [5.74, 6) is -0.649. The molecule has 0 spiro atoms. The Morgan fingerprint density at radius 3 is 2.47 bits per heavy atom. The first kappa shape index (κ1) is 13.3. The van der Waals surface area contributed by atoms with Gasteiger partial charge in [-0.2, -0.15) is 0 Å². The lowest BCUT2D eigenvalue weighted by Crippen LogP contribution is -2.32. The van der Waals surface area contributed by atoms with E-state index < -0.39 is 0 Å². The molecule has 5 nitrogen and oxygen atoms in total. The molecule has 1 atom stereocenters. The number of hydrogen-bond acceptors (Lipinski definition) is 4. The van der Waals surface area contributed by atoms with Crippen LogP contribution in [0.25, 0.3) is 0 Å². The fourth-order valence-electron chi connectivity index (χ4n) is 1.41. The van der Waals surface area contributed by atoms with Crippen LogP contribution in [-0.4, -0.2) is 35.4 Å². The molecular weight excluding hydrogens is 222 g/mol. The number of phenolic OH excluding ortho intramolecular Hbond substituents is 2. The van der Waals surface area contributed by atoms with Crippen molar-refractivity contribution in [3.05, 3.63) is 23.8 Å². The highest BCUT2D eigenvalue weighted by Gasteiger charge is 2.09. The second kappa shape index (κ2) is 6.10. The number of benzene rings is 1. The minimum atomic E-state index is -0.359. The first-order chi connectivity index (χ1) is 8.02. The van der Waals surface area contributed by atoms with Crippen LogP contribution in [0.1, 0.15) is 24.2 Å². The van der Waals surface area contributed by atoms with Gasteiger partial charge in [-0.3, -0.25) is 4.79 Å². The summed E-state index contributed by atoms with van der Waals surface area (Å²) in [6.45, 7) is 4.70. The lowest BCUT2D eigenvalue weighted by molar-refractivity contribution is 0.0695. The molecule has 0 aliphatic carbocycles. The van der Waals surface area contributed by atoms with E-state index in [9.17, 15) is 15.0 Å². The van der Waals surface area contributed by atoms with Gasteiger partial charge in [0.25, 0.3) is 5.91 Å². The smallest absolute Gasteiger partial charge is 0.251 e. The van der Waals surface area contributed by atoms with Crippen molar-refractivity contribution in [2.45, 2.75) is 20.0 Å². The van der Waals surface area contributed by atoms with Crippen molar-refractivity contribution in [3.8, 4) is 11.5 Å². The predicted molar refractivity (Wildman–Crippen MR) is 63.2 cm³/mol. The third-order valence-electron chi connectivity index (χ3n) is 2.17. The Labute approximate surface area is 100 Å². The van der Waals surface area contributed by atoms with E-state index in [-0.39, 0.29) is 29.1 Å². The molecule has 0 saturated heterocycles. The maximum atomic E-state index is 11.7. The molecule has 0 bridgehead atoms. The van der Waals surface area contributed by atoms with Gasteiger partial charge in [-0.25, -0.2) is 0 Å². The molecule has 1 aromatic carbocycles. The molecule has 0 saturated carbocycles. The third-order valence-corrected chi connectivity index (χ3v) is 2.17. The van der Waals surface area contributed by atoms with Crippen LogP contribution < -0.4 is 5.32 Å². The van der Waals surface area contributed by atoms with Crippen LogP contribution in [0, 0.1) is 0 Å². The zero-order valence-electron chi connectivity index (χ0n) is 9.93. The van der Waals surface area contributed by atoms with Gasteiger partial charge in [0.15, 0.2) is 0 Å². The molecule has 94 valence electrons. The molecule has 0 heterocycles. The Kier molecular flexibility index (Phi) is 4.78. The van der Waals surface area contributed by atoms with Gasteiger partial charge in [0.1, 0.15) is 11.5 Å². The largest absolute Gasteiger partial charge is 0.508 e. The van der Waals surface area contributed by atoms with Gasteiger partial charge in [0.05, 0.1) is 6.10 Å². The van der Waals surface area contributed by atoms with Crippen LogP contribution >= 0.6 is 0 Å². The molecule has 1 rings (SSSR count). The maximum absolute atomic E-state index is 11.7. The highest BCUT2D eigenvalue weighted by Crippen LogP contribution is 2.20. The van der Waals surface area contributed by atoms with Gasteiger partial charge in [-0.05, 0) is 26.0 Å². The van der Waals surface area contributed by atoms with Crippen LogP contribution in [0.2, 0.25) is 0 Å². The van der Waals surface area contributed by atoms with E-state index in [2.05, 4.69) is 5.32 Å². The van der Waals surface area contributed by atoms with Gasteiger partial charge in [-0.1, -0.05) is 0 Å². The van der Waals surface area contributed by atoms with Crippen molar-refractivity contribution in [1.82, 2.24) is 5.32 Å². The highest BCUT2D eigenvalue weighted by molar-refractivity contribution is 5.95. The third kappa shape index (κ3) is 4.32. The maximum Gasteiger partial charge on any atom is 0.251 e.